The summed E-state index contributed by atoms with van der Waals surface area (Å²) in [6.45, 7) is 0. The molecule has 1 aromatic heterocycles. The number of hydrogen-bond donors (Lipinski definition) is 2. The molecule has 2 rings (SSSR count). The van der Waals surface area contributed by atoms with Gasteiger partial charge < -0.3 is 15.6 Å². The van der Waals surface area contributed by atoms with E-state index >= 15 is 0 Å². The largest absolute Gasteiger partial charge is 0.478 e. The lowest BCUT2D eigenvalue weighted by atomic mass is 10.2. The molecule has 0 unspecified atom stereocenters. The van der Waals surface area contributed by atoms with E-state index in [0.29, 0.717) is 11.5 Å². The summed E-state index contributed by atoms with van der Waals surface area (Å²) in [6, 6.07) is 7.48. The van der Waals surface area contributed by atoms with Crippen LogP contribution in [0.5, 0.6) is 11.5 Å². The smallest absolute Gasteiger partial charge is 0.335 e. The maximum atomic E-state index is 11.0. The van der Waals surface area contributed by atoms with E-state index in [1.54, 1.807) is 12.1 Å². The van der Waals surface area contributed by atoms with Gasteiger partial charge in [-0.3, -0.25) is 9.78 Å². The topological polar surface area (TPSA) is 103 Å². The van der Waals surface area contributed by atoms with E-state index in [1.807, 2.05) is 22.6 Å². The Bertz CT molecular complexity index is 688. The number of carboxylic acids is 1. The number of pyridine rings is 1. The second-order valence-electron chi connectivity index (χ2n) is 3.79. The number of ether oxygens (including phenoxy) is 1. The Balaban J connectivity index is 2.34. The van der Waals surface area contributed by atoms with Crippen molar-refractivity contribution in [2.24, 2.45) is 5.73 Å². The zero-order chi connectivity index (χ0) is 14.7. The molecule has 2 aromatic rings. The SMILES string of the molecule is NC(=O)c1cc(Oc2cc(C(=O)O)ccc2I)ccn1. The molecule has 1 heterocycles. The quantitative estimate of drug-likeness (QED) is 0.788. The minimum atomic E-state index is -1.04. The van der Waals surface area contributed by atoms with Crippen LogP contribution in [0.1, 0.15) is 20.8 Å². The van der Waals surface area contributed by atoms with Crippen molar-refractivity contribution in [3.8, 4) is 11.5 Å². The first-order valence-corrected chi connectivity index (χ1v) is 6.52. The van der Waals surface area contributed by atoms with Gasteiger partial charge in [0.05, 0.1) is 9.13 Å². The average Bonchev–Trinajstić information content (AvgIpc) is 2.41. The number of carbonyl (C=O) groups is 2. The summed E-state index contributed by atoms with van der Waals surface area (Å²) in [4.78, 5) is 25.8. The standard InChI is InChI=1S/C13H9IN2O4/c14-9-2-1-7(13(18)19)5-11(9)20-8-3-4-16-10(6-8)12(15)17/h1-6H,(H2,15,17)(H,18,19). The molecule has 0 aliphatic rings. The summed E-state index contributed by atoms with van der Waals surface area (Å²) in [5, 5.41) is 8.95. The Hall–Kier alpha value is -2.16. The Kier molecular flexibility index (Phi) is 4.18. The molecule has 1 amide bonds. The van der Waals surface area contributed by atoms with E-state index in [4.69, 9.17) is 15.6 Å². The van der Waals surface area contributed by atoms with Crippen molar-refractivity contribution in [1.82, 2.24) is 4.98 Å². The third-order valence-electron chi connectivity index (χ3n) is 2.39. The fourth-order valence-electron chi connectivity index (χ4n) is 1.45. The summed E-state index contributed by atoms with van der Waals surface area (Å²) in [7, 11) is 0. The molecule has 0 radical (unpaired) electrons. The molecule has 0 bridgehead atoms. The maximum absolute atomic E-state index is 11.0. The highest BCUT2D eigenvalue weighted by molar-refractivity contribution is 14.1. The maximum Gasteiger partial charge on any atom is 0.335 e. The van der Waals surface area contributed by atoms with Crippen LogP contribution in [0.3, 0.4) is 0 Å². The molecule has 0 aliphatic heterocycles. The molecule has 0 aliphatic carbocycles. The first-order chi connectivity index (χ1) is 9.47. The lowest BCUT2D eigenvalue weighted by Gasteiger charge is -2.09. The molecular formula is C13H9IN2O4. The third-order valence-corrected chi connectivity index (χ3v) is 3.28. The Labute approximate surface area is 127 Å². The van der Waals surface area contributed by atoms with Gasteiger partial charge in [-0.1, -0.05) is 0 Å². The average molecular weight is 384 g/mol. The zero-order valence-corrected chi connectivity index (χ0v) is 12.2. The number of rotatable bonds is 4. The predicted octanol–water partition coefficient (Wildman–Crippen LogP) is 2.28. The molecule has 3 N–H and O–H groups in total. The molecule has 0 fully saturated rings. The number of primary amides is 1. The fraction of sp³-hybridized carbons (Fsp3) is 0. The van der Waals surface area contributed by atoms with E-state index in [0.717, 1.165) is 3.57 Å². The number of nitrogens with two attached hydrogens (primary N) is 1. The van der Waals surface area contributed by atoms with Crippen molar-refractivity contribution in [1.29, 1.82) is 0 Å². The van der Waals surface area contributed by atoms with Crippen LogP contribution in [-0.4, -0.2) is 22.0 Å². The van der Waals surface area contributed by atoms with E-state index in [9.17, 15) is 9.59 Å². The number of benzene rings is 1. The van der Waals surface area contributed by atoms with Crippen LogP contribution in [0, 0.1) is 3.57 Å². The molecule has 20 heavy (non-hydrogen) atoms. The molecule has 0 saturated heterocycles. The Morgan fingerprint density at radius 2 is 2.00 bits per heavy atom. The molecule has 102 valence electrons. The summed E-state index contributed by atoms with van der Waals surface area (Å²) in [6.07, 6.45) is 1.39. The molecule has 7 heteroatoms. The van der Waals surface area contributed by atoms with Gasteiger partial charge in [-0.2, -0.15) is 0 Å². The molecule has 6 nitrogen and oxygen atoms in total. The van der Waals surface area contributed by atoms with E-state index in [2.05, 4.69) is 4.98 Å². The number of hydrogen-bond acceptors (Lipinski definition) is 4. The second-order valence-corrected chi connectivity index (χ2v) is 4.96. The number of amides is 1. The van der Waals surface area contributed by atoms with Crippen LogP contribution in [-0.2, 0) is 0 Å². The van der Waals surface area contributed by atoms with Crippen molar-refractivity contribution in [3.63, 3.8) is 0 Å². The van der Waals surface area contributed by atoms with Gasteiger partial charge in [0, 0.05) is 12.3 Å². The Morgan fingerprint density at radius 3 is 2.65 bits per heavy atom. The van der Waals surface area contributed by atoms with Gasteiger partial charge in [-0.15, -0.1) is 0 Å². The van der Waals surface area contributed by atoms with Crippen LogP contribution in [0.4, 0.5) is 0 Å². The zero-order valence-electron chi connectivity index (χ0n) is 10.0. The van der Waals surface area contributed by atoms with Gasteiger partial charge in [0.15, 0.2) is 0 Å². The predicted molar refractivity (Wildman–Crippen MR) is 78.9 cm³/mol. The first kappa shape index (κ1) is 14.3. The molecular weight excluding hydrogens is 375 g/mol. The molecule has 0 spiro atoms. The number of nitrogens with zero attached hydrogens (tertiary/aromatic N) is 1. The summed E-state index contributed by atoms with van der Waals surface area (Å²) < 4.78 is 6.31. The highest BCUT2D eigenvalue weighted by Gasteiger charge is 2.10. The first-order valence-electron chi connectivity index (χ1n) is 5.44. The van der Waals surface area contributed by atoms with E-state index in [1.165, 1.54) is 24.4 Å². The third kappa shape index (κ3) is 3.23. The summed E-state index contributed by atoms with van der Waals surface area (Å²) in [5.41, 5.74) is 5.32. The highest BCUT2D eigenvalue weighted by atomic mass is 127. The lowest BCUT2D eigenvalue weighted by molar-refractivity contribution is 0.0696. The molecule has 0 saturated carbocycles. The lowest BCUT2D eigenvalue weighted by Crippen LogP contribution is -2.12. The van der Waals surface area contributed by atoms with E-state index in [-0.39, 0.29) is 11.3 Å². The van der Waals surface area contributed by atoms with Crippen LogP contribution in [0.15, 0.2) is 36.5 Å². The molecule has 1 aromatic carbocycles. The number of carboxylic acid groups (broad SMARTS) is 1. The van der Waals surface area contributed by atoms with Gasteiger partial charge in [-0.05, 0) is 46.9 Å². The van der Waals surface area contributed by atoms with Crippen molar-refractivity contribution < 1.29 is 19.4 Å². The highest BCUT2D eigenvalue weighted by Crippen LogP contribution is 2.28. The number of aromatic nitrogens is 1. The van der Waals surface area contributed by atoms with Gasteiger partial charge in [0.1, 0.15) is 17.2 Å². The fourth-order valence-corrected chi connectivity index (χ4v) is 1.90. The van der Waals surface area contributed by atoms with Gasteiger partial charge in [-0.25, -0.2) is 4.79 Å². The number of carbonyl (C=O) groups excluding carboxylic acids is 1. The van der Waals surface area contributed by atoms with Gasteiger partial charge >= 0.3 is 5.97 Å². The summed E-state index contributed by atoms with van der Waals surface area (Å²) in [5.74, 6) is -0.968. The van der Waals surface area contributed by atoms with Crippen LogP contribution >= 0.6 is 22.6 Å². The minimum Gasteiger partial charge on any atom is -0.478 e. The van der Waals surface area contributed by atoms with Crippen LogP contribution < -0.4 is 10.5 Å². The normalized spacial score (nSPS) is 10.1. The van der Waals surface area contributed by atoms with Crippen molar-refractivity contribution in [3.05, 3.63) is 51.4 Å². The van der Waals surface area contributed by atoms with Crippen LogP contribution in [0.2, 0.25) is 0 Å². The second kappa shape index (κ2) is 5.87. The van der Waals surface area contributed by atoms with Crippen LogP contribution in [0.25, 0.3) is 0 Å². The Morgan fingerprint density at radius 1 is 1.25 bits per heavy atom. The van der Waals surface area contributed by atoms with E-state index < -0.39 is 11.9 Å². The monoisotopic (exact) mass is 384 g/mol. The van der Waals surface area contributed by atoms with Crippen molar-refractivity contribution >= 4 is 34.5 Å². The summed E-state index contributed by atoms with van der Waals surface area (Å²) >= 11 is 2.02. The molecule has 0 atom stereocenters. The van der Waals surface area contributed by atoms with Gasteiger partial charge in [0.2, 0.25) is 0 Å². The number of halogens is 1. The number of aromatic carboxylic acids is 1. The van der Waals surface area contributed by atoms with Crippen molar-refractivity contribution in [2.75, 3.05) is 0 Å². The minimum absolute atomic E-state index is 0.0758. The van der Waals surface area contributed by atoms with Gasteiger partial charge in [0.25, 0.3) is 5.91 Å². The van der Waals surface area contributed by atoms with Crippen molar-refractivity contribution in [2.45, 2.75) is 0 Å².